The summed E-state index contributed by atoms with van der Waals surface area (Å²) < 4.78 is 5.44. The molecular formula is C18H15N3O5. The Kier molecular flexibility index (Phi) is 4.66. The van der Waals surface area contributed by atoms with Gasteiger partial charge in [-0.1, -0.05) is 12.1 Å². The maximum atomic E-state index is 12.1. The van der Waals surface area contributed by atoms with E-state index in [9.17, 15) is 19.7 Å². The Morgan fingerprint density at radius 2 is 2.08 bits per heavy atom. The topological polar surface area (TPSA) is 111 Å². The molecule has 0 bridgehead atoms. The van der Waals surface area contributed by atoms with E-state index in [1.54, 1.807) is 43.3 Å². The van der Waals surface area contributed by atoms with E-state index in [1.807, 2.05) is 0 Å². The van der Waals surface area contributed by atoms with E-state index in [4.69, 9.17) is 4.74 Å². The van der Waals surface area contributed by atoms with Gasteiger partial charge in [-0.25, -0.2) is 0 Å². The molecule has 1 aliphatic heterocycles. The van der Waals surface area contributed by atoms with E-state index in [2.05, 4.69) is 10.6 Å². The average molecular weight is 353 g/mol. The third-order valence-electron chi connectivity index (χ3n) is 3.73. The molecule has 0 radical (unpaired) electrons. The molecular weight excluding hydrogens is 338 g/mol. The average Bonchev–Trinajstić information content (AvgIpc) is 2.61. The predicted octanol–water partition coefficient (Wildman–Crippen LogP) is 2.97. The number of hydrogen-bond donors (Lipinski definition) is 2. The number of nitrogens with zero attached hydrogens (tertiary/aromatic N) is 1. The highest BCUT2D eigenvalue weighted by Gasteiger charge is 2.23. The van der Waals surface area contributed by atoms with Crippen molar-refractivity contribution in [3.8, 4) is 5.75 Å². The number of anilines is 2. The Labute approximate surface area is 148 Å². The lowest BCUT2D eigenvalue weighted by Crippen LogP contribution is -2.34. The van der Waals surface area contributed by atoms with Crippen molar-refractivity contribution in [2.24, 2.45) is 0 Å². The van der Waals surface area contributed by atoms with Gasteiger partial charge in [-0.2, -0.15) is 0 Å². The molecule has 0 fully saturated rings. The molecule has 26 heavy (non-hydrogen) atoms. The Bertz CT molecular complexity index is 923. The second-order valence-corrected chi connectivity index (χ2v) is 5.60. The van der Waals surface area contributed by atoms with Gasteiger partial charge in [-0.15, -0.1) is 0 Å². The summed E-state index contributed by atoms with van der Waals surface area (Å²) >= 11 is 0. The molecule has 0 spiro atoms. The molecule has 2 aromatic carbocycles. The van der Waals surface area contributed by atoms with Crippen LogP contribution >= 0.6 is 0 Å². The number of carbonyl (C=O) groups is 2. The monoisotopic (exact) mass is 353 g/mol. The summed E-state index contributed by atoms with van der Waals surface area (Å²) in [4.78, 5) is 34.2. The smallest absolute Gasteiger partial charge is 0.276 e. The van der Waals surface area contributed by atoms with Crippen molar-refractivity contribution in [2.75, 3.05) is 10.6 Å². The minimum absolute atomic E-state index is 0.0840. The van der Waals surface area contributed by atoms with Gasteiger partial charge in [0.2, 0.25) is 5.91 Å². The highest BCUT2D eigenvalue weighted by Crippen LogP contribution is 2.32. The first-order chi connectivity index (χ1) is 12.4. The lowest BCUT2D eigenvalue weighted by molar-refractivity contribution is -0.385. The highest BCUT2D eigenvalue weighted by molar-refractivity contribution is 6.03. The van der Waals surface area contributed by atoms with Gasteiger partial charge in [0, 0.05) is 17.8 Å². The number of fused-ring (bicyclic) bond motifs is 1. The van der Waals surface area contributed by atoms with Crippen molar-refractivity contribution in [1.29, 1.82) is 0 Å². The third kappa shape index (κ3) is 3.69. The van der Waals surface area contributed by atoms with Crippen molar-refractivity contribution >= 4 is 35.0 Å². The van der Waals surface area contributed by atoms with Crippen LogP contribution < -0.4 is 15.4 Å². The molecule has 3 rings (SSSR count). The van der Waals surface area contributed by atoms with Crippen LogP contribution in [0.15, 0.2) is 48.5 Å². The van der Waals surface area contributed by atoms with Gasteiger partial charge in [0.25, 0.3) is 11.6 Å². The van der Waals surface area contributed by atoms with Crippen LogP contribution in [0.5, 0.6) is 5.75 Å². The molecule has 8 nitrogen and oxygen atoms in total. The summed E-state index contributed by atoms with van der Waals surface area (Å²) in [5.41, 5.74) is 1.17. The van der Waals surface area contributed by atoms with Crippen LogP contribution in [0.2, 0.25) is 0 Å². The van der Waals surface area contributed by atoms with E-state index in [0.717, 1.165) is 0 Å². The van der Waals surface area contributed by atoms with Crippen molar-refractivity contribution in [3.05, 3.63) is 64.2 Å². The van der Waals surface area contributed by atoms with Crippen LogP contribution in [-0.4, -0.2) is 22.8 Å². The van der Waals surface area contributed by atoms with Crippen molar-refractivity contribution in [1.82, 2.24) is 0 Å². The summed E-state index contributed by atoms with van der Waals surface area (Å²) in [5.74, 6) is -0.206. The minimum Gasteiger partial charge on any atom is -0.479 e. The zero-order valence-electron chi connectivity index (χ0n) is 13.8. The number of nitro groups is 1. The first kappa shape index (κ1) is 17.2. The molecule has 0 aromatic heterocycles. The second-order valence-electron chi connectivity index (χ2n) is 5.60. The van der Waals surface area contributed by atoms with Gasteiger partial charge in [-0.3, -0.25) is 19.7 Å². The predicted molar refractivity (Wildman–Crippen MR) is 95.9 cm³/mol. The first-order valence-corrected chi connectivity index (χ1v) is 7.78. The molecule has 1 unspecified atom stereocenters. The van der Waals surface area contributed by atoms with Gasteiger partial charge >= 0.3 is 0 Å². The SMILES string of the molecule is CC1Oc2ccc(NC(=O)C=Cc3ccccc3[N+](=O)[O-])cc2NC1=O. The Balaban J connectivity index is 1.72. The molecule has 2 amide bonds. The number of nitrogens with one attached hydrogen (secondary N) is 2. The summed E-state index contributed by atoms with van der Waals surface area (Å²) in [7, 11) is 0. The number of rotatable bonds is 4. The van der Waals surface area contributed by atoms with E-state index >= 15 is 0 Å². The maximum absolute atomic E-state index is 12.1. The van der Waals surface area contributed by atoms with Crippen molar-refractivity contribution in [2.45, 2.75) is 13.0 Å². The van der Waals surface area contributed by atoms with Crippen molar-refractivity contribution < 1.29 is 19.2 Å². The van der Waals surface area contributed by atoms with E-state index < -0.39 is 16.9 Å². The van der Waals surface area contributed by atoms with Gasteiger partial charge in [0.15, 0.2) is 6.10 Å². The third-order valence-corrected chi connectivity index (χ3v) is 3.73. The summed E-state index contributed by atoms with van der Waals surface area (Å²) in [6.45, 7) is 1.64. The Hall–Kier alpha value is -3.68. The lowest BCUT2D eigenvalue weighted by Gasteiger charge is -2.23. The van der Waals surface area contributed by atoms with Crippen molar-refractivity contribution in [3.63, 3.8) is 0 Å². The van der Waals surface area contributed by atoms with Crippen LogP contribution in [0.4, 0.5) is 17.1 Å². The molecule has 1 heterocycles. The van der Waals surface area contributed by atoms with Gasteiger partial charge in [0.1, 0.15) is 5.75 Å². The summed E-state index contributed by atoms with van der Waals surface area (Å²) in [6, 6.07) is 11.0. The number of hydrogen-bond acceptors (Lipinski definition) is 5. The normalized spacial score (nSPS) is 15.7. The Morgan fingerprint density at radius 3 is 2.85 bits per heavy atom. The fraction of sp³-hybridized carbons (Fsp3) is 0.111. The first-order valence-electron chi connectivity index (χ1n) is 7.78. The van der Waals surface area contributed by atoms with Gasteiger partial charge < -0.3 is 15.4 Å². The number of amides is 2. The molecule has 0 saturated heterocycles. The van der Waals surface area contributed by atoms with Gasteiger partial charge in [0.05, 0.1) is 16.2 Å². The molecule has 0 aliphatic carbocycles. The zero-order valence-corrected chi connectivity index (χ0v) is 13.8. The van der Waals surface area contributed by atoms with Crippen LogP contribution in [-0.2, 0) is 9.59 Å². The van der Waals surface area contributed by atoms with E-state index in [0.29, 0.717) is 22.7 Å². The molecule has 1 aliphatic rings. The lowest BCUT2D eigenvalue weighted by atomic mass is 10.1. The number of carbonyl (C=O) groups excluding carboxylic acids is 2. The second kappa shape index (κ2) is 7.06. The molecule has 132 valence electrons. The quantitative estimate of drug-likeness (QED) is 0.499. The van der Waals surface area contributed by atoms with Crippen LogP contribution in [0.3, 0.4) is 0 Å². The maximum Gasteiger partial charge on any atom is 0.276 e. The molecule has 8 heteroatoms. The zero-order chi connectivity index (χ0) is 18.7. The van der Waals surface area contributed by atoms with Crippen LogP contribution in [0, 0.1) is 10.1 Å². The highest BCUT2D eigenvalue weighted by atomic mass is 16.6. The van der Waals surface area contributed by atoms with Crippen LogP contribution in [0.25, 0.3) is 6.08 Å². The summed E-state index contributed by atoms with van der Waals surface area (Å²) in [5, 5.41) is 16.3. The largest absolute Gasteiger partial charge is 0.479 e. The standard InChI is InChI=1S/C18H15N3O5/c1-11-18(23)20-14-10-13(7-8-16(14)26-11)19-17(22)9-6-12-4-2-3-5-15(12)21(24)25/h2-11H,1H3,(H,19,22)(H,20,23). The van der Waals surface area contributed by atoms with E-state index in [1.165, 1.54) is 18.2 Å². The molecule has 1 atom stereocenters. The van der Waals surface area contributed by atoms with Gasteiger partial charge in [-0.05, 0) is 37.3 Å². The fourth-order valence-corrected chi connectivity index (χ4v) is 2.43. The van der Waals surface area contributed by atoms with Crippen LogP contribution in [0.1, 0.15) is 12.5 Å². The number of para-hydroxylation sites is 1. The molecule has 2 N–H and O–H groups in total. The minimum atomic E-state index is -0.576. The number of benzene rings is 2. The molecule has 0 saturated carbocycles. The van der Waals surface area contributed by atoms with E-state index in [-0.39, 0.29) is 11.6 Å². The summed E-state index contributed by atoms with van der Waals surface area (Å²) in [6.07, 6.45) is 2.00. The number of nitro benzene ring substituents is 1. The Morgan fingerprint density at radius 1 is 1.31 bits per heavy atom. The number of ether oxygens (including phenoxy) is 1. The molecule has 2 aromatic rings. The fourth-order valence-electron chi connectivity index (χ4n) is 2.43.